The Morgan fingerprint density at radius 3 is 2.14 bits per heavy atom. The molecule has 0 unspecified atom stereocenters. The summed E-state index contributed by atoms with van der Waals surface area (Å²) in [5.74, 6) is -1.90. The maximum absolute atomic E-state index is 12.0. The molecule has 0 bridgehead atoms. The van der Waals surface area contributed by atoms with Gasteiger partial charge in [-0.25, -0.2) is 9.59 Å². The van der Waals surface area contributed by atoms with Gasteiger partial charge in [0, 0.05) is 12.5 Å². The highest BCUT2D eigenvalue weighted by Gasteiger charge is 2.33. The molecule has 1 aliphatic carbocycles. The number of hydrogen-bond acceptors (Lipinski definition) is 6. The van der Waals surface area contributed by atoms with E-state index in [4.69, 9.17) is 15.2 Å². The lowest BCUT2D eigenvalue weighted by Gasteiger charge is -2.18. The number of rotatable bonds is 7. The molecule has 1 amide bonds. The van der Waals surface area contributed by atoms with E-state index >= 15 is 0 Å². The van der Waals surface area contributed by atoms with Crippen LogP contribution in [-0.2, 0) is 23.9 Å². The van der Waals surface area contributed by atoms with Crippen LogP contribution in [0.2, 0.25) is 0 Å². The molecule has 0 aromatic heterocycles. The summed E-state index contributed by atoms with van der Waals surface area (Å²) in [4.78, 5) is 35.5. The number of amides is 1. The van der Waals surface area contributed by atoms with Gasteiger partial charge in [0.05, 0.1) is 13.2 Å². The van der Waals surface area contributed by atoms with Crippen molar-refractivity contribution in [1.29, 1.82) is 0 Å². The second kappa shape index (κ2) is 8.61. The Balaban J connectivity index is 2.60. The van der Waals surface area contributed by atoms with E-state index in [1.807, 2.05) is 0 Å². The van der Waals surface area contributed by atoms with Crippen LogP contribution in [0.1, 0.15) is 39.5 Å². The molecule has 3 N–H and O–H groups in total. The molecule has 21 heavy (non-hydrogen) atoms. The zero-order valence-corrected chi connectivity index (χ0v) is 12.6. The predicted octanol–water partition coefficient (Wildman–Crippen LogP) is 0.115. The van der Waals surface area contributed by atoms with Crippen LogP contribution in [0.4, 0.5) is 0 Å². The minimum atomic E-state index is -1.41. The summed E-state index contributed by atoms with van der Waals surface area (Å²) in [6.45, 7) is 3.50. The smallest absolute Gasteiger partial charge is 0.340 e. The van der Waals surface area contributed by atoms with Crippen LogP contribution in [-0.4, -0.2) is 43.1 Å². The van der Waals surface area contributed by atoms with Gasteiger partial charge < -0.3 is 20.5 Å². The average Bonchev–Trinajstić information content (AvgIpc) is 2.82. The summed E-state index contributed by atoms with van der Waals surface area (Å²) in [5, 5.41) is 2.39. The molecule has 0 heterocycles. The van der Waals surface area contributed by atoms with Crippen molar-refractivity contribution in [2.75, 3.05) is 13.2 Å². The maximum Gasteiger partial charge on any atom is 0.340 e. The van der Waals surface area contributed by atoms with Crippen LogP contribution in [0.15, 0.2) is 0 Å². The summed E-state index contributed by atoms with van der Waals surface area (Å²) in [6, 6.07) is -1.41. The normalized spacial score (nSPS) is 21.1. The first-order valence-electron chi connectivity index (χ1n) is 7.37. The topological polar surface area (TPSA) is 108 Å². The number of esters is 2. The van der Waals surface area contributed by atoms with Crippen LogP contribution in [0.3, 0.4) is 0 Å². The Morgan fingerprint density at radius 1 is 1.14 bits per heavy atom. The van der Waals surface area contributed by atoms with E-state index in [1.165, 1.54) is 0 Å². The average molecular weight is 300 g/mol. The van der Waals surface area contributed by atoms with Crippen molar-refractivity contribution in [2.24, 2.45) is 11.7 Å². The minimum Gasteiger partial charge on any atom is -0.464 e. The summed E-state index contributed by atoms with van der Waals surface area (Å²) in [7, 11) is 0. The van der Waals surface area contributed by atoms with Gasteiger partial charge in [-0.05, 0) is 32.6 Å². The summed E-state index contributed by atoms with van der Waals surface area (Å²) >= 11 is 0. The standard InChI is InChI=1S/C14H24N2O5/c1-3-20-13(18)12(14(19)21-4-2)16-11(17)8-9-6-5-7-10(9)15/h9-10,12H,3-8,15H2,1-2H3,(H,16,17)/t9-,10+/m0/s1. The Labute approximate surface area is 124 Å². The van der Waals surface area contributed by atoms with Crippen molar-refractivity contribution in [3.05, 3.63) is 0 Å². The van der Waals surface area contributed by atoms with E-state index in [2.05, 4.69) is 5.32 Å². The third-order valence-electron chi connectivity index (χ3n) is 3.52. The molecule has 1 fully saturated rings. The van der Waals surface area contributed by atoms with E-state index < -0.39 is 18.0 Å². The molecule has 0 radical (unpaired) electrons. The largest absolute Gasteiger partial charge is 0.464 e. The highest BCUT2D eigenvalue weighted by atomic mass is 16.6. The van der Waals surface area contributed by atoms with Crippen molar-refractivity contribution in [2.45, 2.75) is 51.6 Å². The number of nitrogens with two attached hydrogens (primary N) is 1. The van der Waals surface area contributed by atoms with Crippen molar-refractivity contribution in [3.8, 4) is 0 Å². The van der Waals surface area contributed by atoms with Crippen LogP contribution in [0, 0.1) is 5.92 Å². The highest BCUT2D eigenvalue weighted by Crippen LogP contribution is 2.26. The van der Waals surface area contributed by atoms with Crippen molar-refractivity contribution < 1.29 is 23.9 Å². The van der Waals surface area contributed by atoms with Crippen molar-refractivity contribution in [1.82, 2.24) is 5.32 Å². The zero-order valence-electron chi connectivity index (χ0n) is 12.6. The third kappa shape index (κ3) is 5.34. The molecule has 1 rings (SSSR count). The zero-order chi connectivity index (χ0) is 15.8. The number of nitrogens with one attached hydrogen (secondary N) is 1. The molecule has 0 aromatic rings. The van der Waals surface area contributed by atoms with Crippen LogP contribution in [0.5, 0.6) is 0 Å². The molecule has 120 valence electrons. The molecule has 7 nitrogen and oxygen atoms in total. The van der Waals surface area contributed by atoms with Crippen LogP contribution >= 0.6 is 0 Å². The fourth-order valence-corrected chi connectivity index (χ4v) is 2.44. The SMILES string of the molecule is CCOC(=O)C(NC(=O)C[C@@H]1CCC[C@H]1N)C(=O)OCC. The van der Waals surface area contributed by atoms with E-state index in [0.29, 0.717) is 0 Å². The number of ether oxygens (including phenoxy) is 2. The second-order valence-corrected chi connectivity index (χ2v) is 5.06. The van der Waals surface area contributed by atoms with Gasteiger partial charge in [0.25, 0.3) is 0 Å². The molecule has 0 aromatic carbocycles. The van der Waals surface area contributed by atoms with Crippen molar-refractivity contribution in [3.63, 3.8) is 0 Å². The van der Waals surface area contributed by atoms with E-state index in [0.717, 1.165) is 19.3 Å². The number of carbonyl (C=O) groups is 3. The first-order valence-corrected chi connectivity index (χ1v) is 7.37. The fraction of sp³-hybridized carbons (Fsp3) is 0.786. The minimum absolute atomic E-state index is 0.000568. The molecule has 0 spiro atoms. The van der Waals surface area contributed by atoms with Gasteiger partial charge in [-0.3, -0.25) is 4.79 Å². The highest BCUT2D eigenvalue weighted by molar-refractivity contribution is 6.02. The van der Waals surface area contributed by atoms with Gasteiger partial charge in [-0.2, -0.15) is 0 Å². The van der Waals surface area contributed by atoms with Gasteiger partial charge >= 0.3 is 11.9 Å². The Kier molecular flexibility index (Phi) is 7.14. The van der Waals surface area contributed by atoms with Crippen LogP contribution in [0.25, 0.3) is 0 Å². The lowest BCUT2D eigenvalue weighted by atomic mass is 10.00. The lowest BCUT2D eigenvalue weighted by Crippen LogP contribution is -2.49. The summed E-state index contributed by atoms with van der Waals surface area (Å²) in [5.41, 5.74) is 5.91. The van der Waals surface area contributed by atoms with E-state index in [1.54, 1.807) is 13.8 Å². The quantitative estimate of drug-likeness (QED) is 0.510. The summed E-state index contributed by atoms with van der Waals surface area (Å²) in [6.07, 6.45) is 2.99. The maximum atomic E-state index is 12.0. The number of carbonyl (C=O) groups excluding carboxylic acids is 3. The Hall–Kier alpha value is -1.63. The molecule has 1 aliphatic rings. The van der Waals surface area contributed by atoms with E-state index in [-0.39, 0.29) is 37.5 Å². The Morgan fingerprint density at radius 2 is 1.71 bits per heavy atom. The predicted molar refractivity (Wildman–Crippen MR) is 75.1 cm³/mol. The van der Waals surface area contributed by atoms with E-state index in [9.17, 15) is 14.4 Å². The van der Waals surface area contributed by atoms with Crippen LogP contribution < -0.4 is 11.1 Å². The number of hydrogen-bond donors (Lipinski definition) is 2. The van der Waals surface area contributed by atoms with Gasteiger partial charge in [0.1, 0.15) is 0 Å². The second-order valence-electron chi connectivity index (χ2n) is 5.06. The fourth-order valence-electron chi connectivity index (χ4n) is 2.44. The first kappa shape index (κ1) is 17.4. The summed E-state index contributed by atoms with van der Waals surface area (Å²) < 4.78 is 9.57. The molecule has 1 saturated carbocycles. The van der Waals surface area contributed by atoms with Gasteiger partial charge in [-0.1, -0.05) is 6.42 Å². The third-order valence-corrected chi connectivity index (χ3v) is 3.52. The molecular formula is C14H24N2O5. The first-order chi connectivity index (χ1) is 9.99. The molecule has 7 heteroatoms. The Bertz CT molecular complexity index is 368. The molecule has 0 aliphatic heterocycles. The van der Waals surface area contributed by atoms with Gasteiger partial charge in [-0.15, -0.1) is 0 Å². The van der Waals surface area contributed by atoms with Crippen molar-refractivity contribution >= 4 is 17.8 Å². The lowest BCUT2D eigenvalue weighted by molar-refractivity contribution is -0.159. The molecule has 2 atom stereocenters. The monoisotopic (exact) mass is 300 g/mol. The molecular weight excluding hydrogens is 276 g/mol. The van der Waals surface area contributed by atoms with Gasteiger partial charge in [0.15, 0.2) is 0 Å². The van der Waals surface area contributed by atoms with Gasteiger partial charge in [0.2, 0.25) is 11.9 Å². The molecule has 0 saturated heterocycles.